The molecule has 0 radical (unpaired) electrons. The average Bonchev–Trinajstić information content (AvgIpc) is 2.11. The summed E-state index contributed by atoms with van der Waals surface area (Å²) in [7, 11) is 1.54. The van der Waals surface area contributed by atoms with Crippen molar-refractivity contribution in [1.82, 2.24) is 4.90 Å². The van der Waals surface area contributed by atoms with Crippen molar-refractivity contribution in [3.8, 4) is 0 Å². The van der Waals surface area contributed by atoms with E-state index in [2.05, 4.69) is 4.74 Å². The smallest absolute Gasteiger partial charge is 0.372 e. The molecule has 2 N–H and O–H groups in total. The summed E-state index contributed by atoms with van der Waals surface area (Å²) < 4.78 is 39.2. The lowest BCUT2D eigenvalue weighted by molar-refractivity contribution is -0.175. The molecular weight excluding hydrogens is 213 g/mol. The second kappa shape index (κ2) is 6.62. The monoisotopic (exact) mass is 228 g/mol. The van der Waals surface area contributed by atoms with E-state index in [1.165, 1.54) is 4.90 Å². The summed E-state index contributed by atoms with van der Waals surface area (Å²) in [5.74, 6) is -0.275. The first kappa shape index (κ1) is 14.2. The summed E-state index contributed by atoms with van der Waals surface area (Å²) >= 11 is 0. The summed E-state index contributed by atoms with van der Waals surface area (Å²) in [6, 6.07) is 0. The summed E-state index contributed by atoms with van der Waals surface area (Å²) in [5, 5.41) is 0. The molecule has 0 rings (SSSR count). The van der Waals surface area contributed by atoms with Gasteiger partial charge in [0, 0.05) is 20.1 Å². The van der Waals surface area contributed by atoms with Crippen molar-refractivity contribution in [3.63, 3.8) is 0 Å². The highest BCUT2D eigenvalue weighted by molar-refractivity contribution is 5.75. The van der Waals surface area contributed by atoms with Gasteiger partial charge >= 0.3 is 6.18 Å². The highest BCUT2D eigenvalue weighted by Crippen LogP contribution is 2.14. The van der Waals surface area contributed by atoms with Gasteiger partial charge in [-0.15, -0.1) is 0 Å². The number of nitrogens with zero attached hydrogens (tertiary/aromatic N) is 1. The van der Waals surface area contributed by atoms with Gasteiger partial charge in [-0.1, -0.05) is 0 Å². The van der Waals surface area contributed by atoms with Gasteiger partial charge in [0.25, 0.3) is 0 Å². The maximum absolute atomic E-state index is 11.6. The summed E-state index contributed by atoms with van der Waals surface area (Å²) in [4.78, 5) is 12.5. The molecule has 15 heavy (non-hydrogen) atoms. The van der Waals surface area contributed by atoms with Crippen LogP contribution in [-0.2, 0) is 9.53 Å². The molecule has 0 saturated carbocycles. The molecule has 0 aromatic carbocycles. The minimum atomic E-state index is -4.34. The number of carbonyl (C=O) groups excluding carboxylic acids is 1. The molecule has 7 heteroatoms. The van der Waals surface area contributed by atoms with E-state index in [9.17, 15) is 18.0 Å². The van der Waals surface area contributed by atoms with Gasteiger partial charge in [0.15, 0.2) is 0 Å². The zero-order valence-corrected chi connectivity index (χ0v) is 8.51. The van der Waals surface area contributed by atoms with E-state index in [1.54, 1.807) is 7.05 Å². The van der Waals surface area contributed by atoms with Gasteiger partial charge in [-0.25, -0.2) is 0 Å². The third-order valence-corrected chi connectivity index (χ3v) is 1.62. The lowest BCUT2D eigenvalue weighted by atomic mass is 10.4. The van der Waals surface area contributed by atoms with Crippen molar-refractivity contribution in [3.05, 3.63) is 0 Å². The number of likely N-dealkylation sites (N-methyl/N-ethyl adjacent to an activating group) is 1. The van der Waals surface area contributed by atoms with Gasteiger partial charge in [-0.2, -0.15) is 13.2 Å². The highest BCUT2D eigenvalue weighted by atomic mass is 19.4. The molecule has 4 nitrogen and oxygen atoms in total. The Morgan fingerprint density at radius 3 is 2.53 bits per heavy atom. The predicted octanol–water partition coefficient (Wildman–Crippen LogP) is 0.372. The van der Waals surface area contributed by atoms with Crippen LogP contribution < -0.4 is 5.73 Å². The van der Waals surface area contributed by atoms with Crippen LogP contribution in [0, 0.1) is 0 Å². The molecule has 0 aliphatic rings. The van der Waals surface area contributed by atoms with Crippen molar-refractivity contribution < 1.29 is 22.7 Å². The molecule has 0 aliphatic heterocycles. The molecule has 1 amide bonds. The van der Waals surface area contributed by atoms with Crippen LogP contribution in [0.1, 0.15) is 6.42 Å². The Morgan fingerprint density at radius 2 is 2.07 bits per heavy atom. The fraction of sp³-hybridized carbons (Fsp3) is 0.875. The van der Waals surface area contributed by atoms with Gasteiger partial charge < -0.3 is 15.4 Å². The number of rotatable bonds is 6. The van der Waals surface area contributed by atoms with Gasteiger partial charge in [0.05, 0.1) is 13.0 Å². The summed E-state index contributed by atoms with van der Waals surface area (Å²) in [6.07, 6.45) is -4.40. The third-order valence-electron chi connectivity index (χ3n) is 1.62. The highest BCUT2D eigenvalue weighted by Gasteiger charge is 2.27. The molecule has 90 valence electrons. The number of carbonyl (C=O) groups is 1. The van der Waals surface area contributed by atoms with Crippen molar-refractivity contribution >= 4 is 5.91 Å². The maximum atomic E-state index is 11.6. The molecule has 0 atom stereocenters. The number of alkyl halides is 3. The second-order valence-corrected chi connectivity index (χ2v) is 3.02. The van der Waals surface area contributed by atoms with Crippen LogP contribution in [-0.4, -0.2) is 50.3 Å². The molecule has 0 heterocycles. The Bertz CT molecular complexity index is 197. The normalized spacial score (nSPS) is 11.5. The quantitative estimate of drug-likeness (QED) is 0.668. The Morgan fingerprint density at radius 1 is 1.47 bits per heavy atom. The Balaban J connectivity index is 3.55. The van der Waals surface area contributed by atoms with Crippen molar-refractivity contribution in [2.45, 2.75) is 12.6 Å². The number of ether oxygens (including phenoxy) is 1. The van der Waals surface area contributed by atoms with Crippen LogP contribution in [0.15, 0.2) is 0 Å². The lowest BCUT2D eigenvalue weighted by Gasteiger charge is -2.15. The minimum Gasteiger partial charge on any atom is -0.372 e. The first-order chi connectivity index (χ1) is 6.87. The predicted molar refractivity (Wildman–Crippen MR) is 48.2 cm³/mol. The number of amides is 1. The van der Waals surface area contributed by atoms with E-state index in [0.717, 1.165) is 0 Å². The largest absolute Gasteiger partial charge is 0.411 e. The van der Waals surface area contributed by atoms with E-state index in [-0.39, 0.29) is 18.9 Å². The molecule has 0 fully saturated rings. The zero-order chi connectivity index (χ0) is 11.9. The number of hydrogen-bond acceptors (Lipinski definition) is 3. The average molecular weight is 228 g/mol. The van der Waals surface area contributed by atoms with E-state index < -0.39 is 12.8 Å². The first-order valence-corrected chi connectivity index (χ1v) is 4.45. The van der Waals surface area contributed by atoms with E-state index in [1.807, 2.05) is 0 Å². The summed E-state index contributed by atoms with van der Waals surface area (Å²) in [5.41, 5.74) is 5.21. The van der Waals surface area contributed by atoms with Crippen LogP contribution >= 0.6 is 0 Å². The molecule has 0 aromatic heterocycles. The van der Waals surface area contributed by atoms with Crippen LogP contribution in [0.5, 0.6) is 0 Å². The van der Waals surface area contributed by atoms with Crippen LogP contribution in [0.2, 0.25) is 0 Å². The molecule has 0 spiro atoms. The maximum Gasteiger partial charge on any atom is 0.411 e. The fourth-order valence-electron chi connectivity index (χ4n) is 0.857. The van der Waals surface area contributed by atoms with Gasteiger partial charge in [-0.05, 0) is 0 Å². The van der Waals surface area contributed by atoms with E-state index in [4.69, 9.17) is 5.73 Å². The summed E-state index contributed by atoms with van der Waals surface area (Å²) in [6.45, 7) is -0.835. The number of halogens is 3. The van der Waals surface area contributed by atoms with Crippen molar-refractivity contribution in [2.75, 3.05) is 33.4 Å². The fourth-order valence-corrected chi connectivity index (χ4v) is 0.857. The van der Waals surface area contributed by atoms with E-state index >= 15 is 0 Å². The molecule has 0 saturated heterocycles. The standard InChI is InChI=1S/C8H15F3N2O2/c1-13(4-3-12)7(14)2-5-15-6-8(9,10)11/h2-6,12H2,1H3. The third kappa shape index (κ3) is 8.19. The molecule has 0 unspecified atom stereocenters. The lowest BCUT2D eigenvalue weighted by Crippen LogP contribution is -2.32. The molecular formula is C8H15F3N2O2. The molecule has 0 aromatic rings. The topological polar surface area (TPSA) is 55.6 Å². The number of nitrogens with two attached hydrogens (primary N) is 1. The van der Waals surface area contributed by atoms with Gasteiger partial charge in [0.1, 0.15) is 6.61 Å². The van der Waals surface area contributed by atoms with Gasteiger partial charge in [-0.3, -0.25) is 4.79 Å². The van der Waals surface area contributed by atoms with Crippen molar-refractivity contribution in [2.24, 2.45) is 5.73 Å². The first-order valence-electron chi connectivity index (χ1n) is 4.45. The van der Waals surface area contributed by atoms with Crippen LogP contribution in [0.4, 0.5) is 13.2 Å². The molecule has 0 aliphatic carbocycles. The minimum absolute atomic E-state index is 0.0629. The number of hydrogen-bond donors (Lipinski definition) is 1. The van der Waals surface area contributed by atoms with Crippen LogP contribution in [0.3, 0.4) is 0 Å². The second-order valence-electron chi connectivity index (χ2n) is 3.02. The van der Waals surface area contributed by atoms with Gasteiger partial charge in [0.2, 0.25) is 5.91 Å². The van der Waals surface area contributed by atoms with Crippen LogP contribution in [0.25, 0.3) is 0 Å². The Kier molecular flexibility index (Phi) is 6.26. The Hall–Kier alpha value is -0.820. The van der Waals surface area contributed by atoms with E-state index in [0.29, 0.717) is 13.1 Å². The molecule has 0 bridgehead atoms. The Labute approximate surface area is 86.2 Å². The SMILES string of the molecule is CN(CCN)C(=O)CCOCC(F)(F)F. The van der Waals surface area contributed by atoms with Crippen molar-refractivity contribution in [1.29, 1.82) is 0 Å². The zero-order valence-electron chi connectivity index (χ0n) is 8.51.